The molecule has 3 rings (SSSR count). The number of amides is 2. The lowest BCUT2D eigenvalue weighted by atomic mass is 10.1. The Morgan fingerprint density at radius 2 is 2.08 bits per heavy atom. The van der Waals surface area contributed by atoms with E-state index in [2.05, 4.69) is 6.58 Å². The topological polar surface area (TPSA) is 93.7 Å². The number of hydrogen-bond acceptors (Lipinski definition) is 6. The van der Waals surface area contributed by atoms with Gasteiger partial charge in [0.25, 0.3) is 16.8 Å². The Balaban J connectivity index is 1.88. The highest BCUT2D eigenvalue weighted by atomic mass is 32.2. The van der Waals surface area contributed by atoms with Gasteiger partial charge >= 0.3 is 0 Å². The van der Waals surface area contributed by atoms with Crippen LogP contribution in [0.2, 0.25) is 0 Å². The average molecular weight is 370 g/mol. The SMILES string of the molecule is C=CCN1C(=O)S/C(=C/c2ccc(-c3ccc(C)c([N+](=O)[O-])c3)o2)C1=O. The first-order chi connectivity index (χ1) is 12.4. The fraction of sp³-hybridized carbons (Fsp3) is 0.111. The fourth-order valence-electron chi connectivity index (χ4n) is 2.46. The molecule has 1 aliphatic heterocycles. The smallest absolute Gasteiger partial charge is 0.293 e. The summed E-state index contributed by atoms with van der Waals surface area (Å²) < 4.78 is 5.67. The molecule has 26 heavy (non-hydrogen) atoms. The van der Waals surface area contributed by atoms with Crippen molar-refractivity contribution in [2.24, 2.45) is 0 Å². The maximum Gasteiger partial charge on any atom is 0.293 e. The van der Waals surface area contributed by atoms with E-state index in [4.69, 9.17) is 4.42 Å². The first kappa shape index (κ1) is 17.7. The van der Waals surface area contributed by atoms with Crippen molar-refractivity contribution in [3.8, 4) is 11.3 Å². The van der Waals surface area contributed by atoms with Gasteiger partial charge in [-0.05, 0) is 30.8 Å². The number of furan rings is 1. The second-order valence-corrected chi connectivity index (χ2v) is 6.53. The van der Waals surface area contributed by atoms with Crippen LogP contribution in [0.25, 0.3) is 17.4 Å². The first-order valence-corrected chi connectivity index (χ1v) is 8.44. The van der Waals surface area contributed by atoms with E-state index in [1.165, 1.54) is 18.2 Å². The van der Waals surface area contributed by atoms with Crippen LogP contribution in [0.5, 0.6) is 0 Å². The molecule has 1 aliphatic rings. The van der Waals surface area contributed by atoms with E-state index in [9.17, 15) is 19.7 Å². The predicted octanol–water partition coefficient (Wildman–Crippen LogP) is 4.39. The van der Waals surface area contributed by atoms with Gasteiger partial charge in [0.2, 0.25) is 0 Å². The molecule has 0 saturated carbocycles. The van der Waals surface area contributed by atoms with E-state index < -0.39 is 10.8 Å². The maximum atomic E-state index is 12.2. The van der Waals surface area contributed by atoms with Crippen LogP contribution in [0.4, 0.5) is 10.5 Å². The summed E-state index contributed by atoms with van der Waals surface area (Å²) in [5.74, 6) is 0.417. The molecule has 1 aromatic heterocycles. The molecule has 2 amide bonds. The maximum absolute atomic E-state index is 12.2. The van der Waals surface area contributed by atoms with Crippen LogP contribution in [-0.4, -0.2) is 27.5 Å². The number of nitro benzene ring substituents is 1. The lowest BCUT2D eigenvalue weighted by molar-refractivity contribution is -0.385. The second kappa shape index (κ2) is 7.01. The molecule has 1 fully saturated rings. The number of carbonyl (C=O) groups is 2. The van der Waals surface area contributed by atoms with Crippen LogP contribution >= 0.6 is 11.8 Å². The summed E-state index contributed by atoms with van der Waals surface area (Å²) in [4.78, 5) is 36.0. The molecule has 0 N–H and O–H groups in total. The lowest BCUT2D eigenvalue weighted by Gasteiger charge is -2.07. The number of benzene rings is 1. The molecule has 0 spiro atoms. The Hall–Kier alpha value is -3.13. The number of imide groups is 1. The summed E-state index contributed by atoms with van der Waals surface area (Å²) in [6.45, 7) is 5.34. The van der Waals surface area contributed by atoms with Crippen LogP contribution in [0, 0.1) is 17.0 Å². The van der Waals surface area contributed by atoms with Gasteiger partial charge in [-0.3, -0.25) is 24.6 Å². The molecule has 132 valence electrons. The summed E-state index contributed by atoms with van der Waals surface area (Å²) >= 11 is 0.831. The van der Waals surface area contributed by atoms with E-state index >= 15 is 0 Å². The highest BCUT2D eigenvalue weighted by molar-refractivity contribution is 8.18. The van der Waals surface area contributed by atoms with Gasteiger partial charge in [0.1, 0.15) is 11.5 Å². The van der Waals surface area contributed by atoms with Crippen LogP contribution in [0.1, 0.15) is 11.3 Å². The number of nitro groups is 1. The van der Waals surface area contributed by atoms with Gasteiger partial charge in [0, 0.05) is 29.8 Å². The summed E-state index contributed by atoms with van der Waals surface area (Å²) in [5, 5.41) is 10.7. The highest BCUT2D eigenvalue weighted by Gasteiger charge is 2.34. The molecule has 0 atom stereocenters. The third-order valence-corrected chi connectivity index (χ3v) is 4.68. The van der Waals surface area contributed by atoms with E-state index in [1.54, 1.807) is 31.2 Å². The van der Waals surface area contributed by atoms with Crippen LogP contribution in [0.3, 0.4) is 0 Å². The van der Waals surface area contributed by atoms with E-state index in [0.29, 0.717) is 22.6 Å². The minimum atomic E-state index is -0.446. The van der Waals surface area contributed by atoms with Crippen molar-refractivity contribution in [3.05, 3.63) is 69.3 Å². The Morgan fingerprint density at radius 1 is 1.31 bits per heavy atom. The number of rotatable bonds is 5. The molecule has 8 heteroatoms. The molecular formula is C18H14N2O5S. The highest BCUT2D eigenvalue weighted by Crippen LogP contribution is 2.34. The van der Waals surface area contributed by atoms with E-state index in [0.717, 1.165) is 16.7 Å². The second-order valence-electron chi connectivity index (χ2n) is 5.54. The van der Waals surface area contributed by atoms with Crippen molar-refractivity contribution < 1.29 is 18.9 Å². The van der Waals surface area contributed by atoms with Gasteiger partial charge in [-0.25, -0.2) is 0 Å². The largest absolute Gasteiger partial charge is 0.457 e. The van der Waals surface area contributed by atoms with Crippen molar-refractivity contribution in [1.29, 1.82) is 0 Å². The van der Waals surface area contributed by atoms with Crippen molar-refractivity contribution >= 4 is 34.7 Å². The normalized spacial score (nSPS) is 15.7. The zero-order chi connectivity index (χ0) is 18.8. The Kier molecular flexibility index (Phi) is 4.77. The molecule has 0 aliphatic carbocycles. The van der Waals surface area contributed by atoms with Crippen LogP contribution in [-0.2, 0) is 4.79 Å². The minimum Gasteiger partial charge on any atom is -0.457 e. The van der Waals surface area contributed by atoms with E-state index in [-0.39, 0.29) is 22.4 Å². The Bertz CT molecular complexity index is 960. The van der Waals surface area contributed by atoms with Gasteiger partial charge in [-0.2, -0.15) is 0 Å². The van der Waals surface area contributed by atoms with Gasteiger partial charge < -0.3 is 4.42 Å². The van der Waals surface area contributed by atoms with E-state index in [1.807, 2.05) is 0 Å². The monoisotopic (exact) mass is 370 g/mol. The number of aryl methyl sites for hydroxylation is 1. The first-order valence-electron chi connectivity index (χ1n) is 7.62. The molecule has 0 unspecified atom stereocenters. The number of nitrogens with zero attached hydrogens (tertiary/aromatic N) is 2. The minimum absolute atomic E-state index is 0.00555. The summed E-state index contributed by atoms with van der Waals surface area (Å²) in [7, 11) is 0. The zero-order valence-electron chi connectivity index (χ0n) is 13.8. The molecule has 7 nitrogen and oxygen atoms in total. The van der Waals surface area contributed by atoms with Gasteiger partial charge in [-0.1, -0.05) is 18.2 Å². The van der Waals surface area contributed by atoms with Gasteiger partial charge in [0.05, 0.1) is 9.83 Å². The quantitative estimate of drug-likeness (QED) is 0.335. The molecule has 2 heterocycles. The Morgan fingerprint density at radius 3 is 2.77 bits per heavy atom. The van der Waals surface area contributed by atoms with Crippen molar-refractivity contribution in [3.63, 3.8) is 0 Å². The summed E-state index contributed by atoms with van der Waals surface area (Å²) in [6, 6.07) is 8.12. The Labute approximate surface area is 153 Å². The van der Waals surface area contributed by atoms with Crippen LogP contribution < -0.4 is 0 Å². The molecule has 0 radical (unpaired) electrons. The molecule has 1 saturated heterocycles. The third-order valence-electron chi connectivity index (χ3n) is 3.78. The molecule has 2 aromatic rings. The number of thioether (sulfide) groups is 1. The average Bonchev–Trinajstić information content (AvgIpc) is 3.16. The molecule has 1 aromatic carbocycles. The third kappa shape index (κ3) is 3.31. The van der Waals surface area contributed by atoms with Crippen molar-refractivity contribution in [2.45, 2.75) is 6.92 Å². The molecular weight excluding hydrogens is 356 g/mol. The van der Waals surface area contributed by atoms with Gasteiger partial charge in [-0.15, -0.1) is 6.58 Å². The zero-order valence-corrected chi connectivity index (χ0v) is 14.6. The summed E-state index contributed by atoms with van der Waals surface area (Å²) in [5.41, 5.74) is 1.12. The van der Waals surface area contributed by atoms with Crippen LogP contribution in [0.15, 0.2) is 52.3 Å². The number of hydrogen-bond donors (Lipinski definition) is 0. The fourth-order valence-corrected chi connectivity index (χ4v) is 3.29. The van der Waals surface area contributed by atoms with Gasteiger partial charge in [0.15, 0.2) is 0 Å². The summed E-state index contributed by atoms with van der Waals surface area (Å²) in [6.07, 6.45) is 2.97. The molecule has 0 bridgehead atoms. The number of carbonyl (C=O) groups excluding carboxylic acids is 2. The van der Waals surface area contributed by atoms with Crippen molar-refractivity contribution in [1.82, 2.24) is 4.90 Å². The predicted molar refractivity (Wildman–Crippen MR) is 98.4 cm³/mol. The van der Waals surface area contributed by atoms with Crippen molar-refractivity contribution in [2.75, 3.05) is 6.54 Å². The lowest BCUT2D eigenvalue weighted by Crippen LogP contribution is -2.27. The standard InChI is InChI=1S/C18H14N2O5S/c1-3-8-19-17(21)16(26-18(19)22)10-13-6-7-15(25-13)12-5-4-11(2)14(9-12)20(23)24/h3-7,9-10H,1,8H2,2H3/b16-10+.